The van der Waals surface area contributed by atoms with Crippen LogP contribution in [0.4, 0.5) is 0 Å². The minimum absolute atomic E-state index is 0.255. The van der Waals surface area contributed by atoms with E-state index in [4.69, 9.17) is 11.6 Å². The molecule has 0 heterocycles. The van der Waals surface area contributed by atoms with Crippen molar-refractivity contribution in [3.8, 4) is 0 Å². The molecule has 0 saturated carbocycles. The molecule has 0 fully saturated rings. The Balaban J connectivity index is -0.000000410. The van der Waals surface area contributed by atoms with Gasteiger partial charge in [-0.05, 0) is 49.8 Å². The lowest BCUT2D eigenvalue weighted by atomic mass is 9.90. The highest BCUT2D eigenvalue weighted by Crippen LogP contribution is 2.27. The van der Waals surface area contributed by atoms with Crippen LogP contribution in [0, 0.1) is 5.92 Å². The van der Waals surface area contributed by atoms with Gasteiger partial charge < -0.3 is 10.1 Å². The van der Waals surface area contributed by atoms with Crippen LogP contribution in [0.25, 0.3) is 0 Å². The zero-order valence-corrected chi connectivity index (χ0v) is 22.8. The molecular formula is C28H52ClNO2. The van der Waals surface area contributed by atoms with Gasteiger partial charge in [-0.3, -0.25) is 4.79 Å². The number of amides is 1. The Hall–Kier alpha value is -1.35. The molecule has 32 heavy (non-hydrogen) atoms. The number of carbonyl (C=O) groups is 2. The Morgan fingerprint density at radius 3 is 1.62 bits per heavy atom. The lowest BCUT2D eigenvalue weighted by Crippen LogP contribution is -2.07. The van der Waals surface area contributed by atoms with Gasteiger partial charge in [-0.2, -0.15) is 0 Å². The quantitative estimate of drug-likeness (QED) is 0.231. The lowest BCUT2D eigenvalue weighted by Gasteiger charge is -2.16. The number of benzene rings is 1. The van der Waals surface area contributed by atoms with Gasteiger partial charge in [0.05, 0.1) is 0 Å². The van der Waals surface area contributed by atoms with Crippen LogP contribution in [-0.2, 0) is 9.59 Å². The highest BCUT2D eigenvalue weighted by atomic mass is 35.5. The van der Waals surface area contributed by atoms with Crippen molar-refractivity contribution >= 4 is 24.3 Å². The fourth-order valence-electron chi connectivity index (χ4n) is 2.69. The van der Waals surface area contributed by atoms with Gasteiger partial charge in [0, 0.05) is 17.5 Å². The lowest BCUT2D eigenvalue weighted by molar-refractivity contribution is -0.111. The second-order valence-electron chi connectivity index (χ2n) is 8.08. The van der Waals surface area contributed by atoms with Crippen LogP contribution in [0.2, 0.25) is 5.02 Å². The number of rotatable bonds is 13. The molecule has 3 nitrogen and oxygen atoms in total. The fraction of sp³-hybridized carbons (Fsp3) is 0.714. The van der Waals surface area contributed by atoms with Gasteiger partial charge in [-0.1, -0.05) is 110 Å². The normalized spacial score (nSPS) is 11.2. The maximum Gasteiger partial charge on any atom is 0.207 e. The van der Waals surface area contributed by atoms with Crippen LogP contribution in [0.3, 0.4) is 0 Å². The van der Waals surface area contributed by atoms with Gasteiger partial charge >= 0.3 is 0 Å². The van der Waals surface area contributed by atoms with E-state index >= 15 is 0 Å². The van der Waals surface area contributed by atoms with Crippen molar-refractivity contribution in [1.29, 1.82) is 0 Å². The number of hydrogen-bond acceptors (Lipinski definition) is 2. The summed E-state index contributed by atoms with van der Waals surface area (Å²) in [5.74, 6) is 0.984. The summed E-state index contributed by atoms with van der Waals surface area (Å²) in [7, 11) is 0. The number of carbonyl (C=O) groups excluding carboxylic acids is 2. The van der Waals surface area contributed by atoms with Crippen LogP contribution in [-0.4, -0.2) is 19.2 Å². The number of halogens is 1. The first kappa shape index (κ1) is 35.2. The predicted molar refractivity (Wildman–Crippen MR) is 144 cm³/mol. The van der Waals surface area contributed by atoms with E-state index in [1.54, 1.807) is 0 Å². The van der Waals surface area contributed by atoms with Gasteiger partial charge in [-0.25, -0.2) is 0 Å². The molecule has 0 aliphatic heterocycles. The molecule has 0 aliphatic rings. The largest absolute Gasteiger partial charge is 0.359 e. The maximum absolute atomic E-state index is 9.74. The summed E-state index contributed by atoms with van der Waals surface area (Å²) in [6.07, 6.45) is 14.6. The molecule has 1 amide bonds. The standard InChI is InChI=1S/C14H21Cl.C6H14.C5H10O.C3H7NO/c1-3-5-7-12(6-4-2)13-8-10-14(15)11-9-13;1-3-5-6-4-2;1-3-5(2)4-6;1-2-4-3-5/h8-12H,3-7H2,1-2H3;3-6H2,1-2H3;4-5H,3H2,1-2H3;3H,2H2,1H3,(H,4,5). The van der Waals surface area contributed by atoms with Gasteiger partial charge in [0.15, 0.2) is 0 Å². The van der Waals surface area contributed by atoms with Crippen LogP contribution < -0.4 is 5.32 Å². The molecule has 0 aliphatic carbocycles. The number of nitrogens with one attached hydrogen (secondary N) is 1. The third-order valence-electron chi connectivity index (χ3n) is 5.01. The van der Waals surface area contributed by atoms with Crippen molar-refractivity contribution in [2.24, 2.45) is 5.92 Å². The molecule has 188 valence electrons. The van der Waals surface area contributed by atoms with Crippen LogP contribution >= 0.6 is 11.6 Å². The summed E-state index contributed by atoms with van der Waals surface area (Å²) in [5.41, 5.74) is 1.45. The molecular weight excluding hydrogens is 418 g/mol. The minimum Gasteiger partial charge on any atom is -0.359 e. The van der Waals surface area contributed by atoms with Crippen LogP contribution in [0.1, 0.15) is 124 Å². The highest BCUT2D eigenvalue weighted by Gasteiger charge is 2.09. The first-order chi connectivity index (χ1) is 15.4. The van der Waals surface area contributed by atoms with Crippen molar-refractivity contribution in [3.05, 3.63) is 34.9 Å². The molecule has 0 saturated heterocycles. The van der Waals surface area contributed by atoms with Crippen molar-refractivity contribution in [3.63, 3.8) is 0 Å². The summed E-state index contributed by atoms with van der Waals surface area (Å²) in [6.45, 7) is 15.5. The Morgan fingerprint density at radius 2 is 1.34 bits per heavy atom. The molecule has 4 heteroatoms. The summed E-state index contributed by atoms with van der Waals surface area (Å²) < 4.78 is 0. The first-order valence-corrected chi connectivity index (χ1v) is 13.2. The topological polar surface area (TPSA) is 46.2 Å². The van der Waals surface area contributed by atoms with E-state index in [1.807, 2.05) is 32.9 Å². The number of unbranched alkanes of at least 4 members (excludes halogenated alkanes) is 4. The van der Waals surface area contributed by atoms with E-state index in [9.17, 15) is 9.59 Å². The van der Waals surface area contributed by atoms with E-state index in [-0.39, 0.29) is 5.92 Å². The van der Waals surface area contributed by atoms with Gasteiger partial charge in [-0.15, -0.1) is 0 Å². The van der Waals surface area contributed by atoms with E-state index in [0.717, 1.165) is 30.2 Å². The molecule has 0 aromatic heterocycles. The van der Waals surface area contributed by atoms with Crippen molar-refractivity contribution in [2.45, 2.75) is 119 Å². The third-order valence-corrected chi connectivity index (χ3v) is 5.26. The average Bonchev–Trinajstić information content (AvgIpc) is 2.82. The van der Waals surface area contributed by atoms with Gasteiger partial charge in [0.25, 0.3) is 0 Å². The Morgan fingerprint density at radius 1 is 0.812 bits per heavy atom. The highest BCUT2D eigenvalue weighted by molar-refractivity contribution is 6.30. The summed E-state index contributed by atoms with van der Waals surface area (Å²) in [4.78, 5) is 19.0. The van der Waals surface area contributed by atoms with Crippen molar-refractivity contribution in [1.82, 2.24) is 5.32 Å². The Bertz CT molecular complexity index is 487. The fourth-order valence-corrected chi connectivity index (χ4v) is 2.82. The predicted octanol–water partition coefficient (Wildman–Crippen LogP) is 8.98. The number of hydrogen-bond donors (Lipinski definition) is 1. The summed E-state index contributed by atoms with van der Waals surface area (Å²) in [6, 6.07) is 8.37. The molecule has 0 bridgehead atoms. The number of aldehydes is 1. The molecule has 1 N–H and O–H groups in total. The smallest absolute Gasteiger partial charge is 0.207 e. The summed E-state index contributed by atoms with van der Waals surface area (Å²) >= 11 is 5.90. The van der Waals surface area contributed by atoms with Crippen LogP contribution in [0.5, 0.6) is 0 Å². The monoisotopic (exact) mass is 469 g/mol. The average molecular weight is 470 g/mol. The molecule has 0 spiro atoms. The van der Waals surface area contributed by atoms with E-state index in [1.165, 1.54) is 63.4 Å². The molecule has 2 unspecified atom stereocenters. The maximum atomic E-state index is 9.74. The zero-order valence-electron chi connectivity index (χ0n) is 22.1. The summed E-state index contributed by atoms with van der Waals surface area (Å²) in [5, 5.41) is 3.27. The van der Waals surface area contributed by atoms with Gasteiger partial charge in [0.2, 0.25) is 6.41 Å². The van der Waals surface area contributed by atoms with E-state index < -0.39 is 0 Å². The molecule has 1 aromatic rings. The third kappa shape index (κ3) is 26.7. The van der Waals surface area contributed by atoms with Crippen LogP contribution in [0.15, 0.2) is 24.3 Å². The molecule has 2 atom stereocenters. The molecule has 0 radical (unpaired) electrons. The second-order valence-corrected chi connectivity index (χ2v) is 8.52. The minimum atomic E-state index is 0.255. The zero-order chi connectivity index (χ0) is 25.0. The second kappa shape index (κ2) is 29.7. The van der Waals surface area contributed by atoms with Gasteiger partial charge in [0.1, 0.15) is 6.29 Å². The molecule has 1 aromatic carbocycles. The molecule has 1 rings (SSSR count). The SMILES string of the molecule is CCC(C)C=O.CCCCC(CCC)c1ccc(Cl)cc1.CCCCCC.CCNC=O. The Labute approximate surface area is 205 Å². The van der Waals surface area contributed by atoms with Crippen molar-refractivity contribution in [2.75, 3.05) is 6.54 Å². The van der Waals surface area contributed by atoms with E-state index in [0.29, 0.717) is 6.41 Å². The first-order valence-electron chi connectivity index (χ1n) is 12.8. The van der Waals surface area contributed by atoms with Crippen molar-refractivity contribution < 1.29 is 9.59 Å². The van der Waals surface area contributed by atoms with E-state index in [2.05, 4.69) is 45.1 Å². The Kier molecular flexibility index (Phi) is 32.7.